The number of esters is 1. The monoisotopic (exact) mass is 261 g/mol. The molecule has 1 N–H and O–H groups in total. The molecule has 19 heavy (non-hydrogen) atoms. The molecule has 0 spiro atoms. The Kier molecular flexibility index (Phi) is 4.18. The van der Waals surface area contributed by atoms with E-state index in [1.165, 1.54) is 6.07 Å². The predicted octanol–water partition coefficient (Wildman–Crippen LogP) is 1.86. The summed E-state index contributed by atoms with van der Waals surface area (Å²) >= 11 is 0. The Bertz CT molecular complexity index is 633. The minimum absolute atomic E-state index is 0.136. The van der Waals surface area contributed by atoms with Gasteiger partial charge >= 0.3 is 5.97 Å². The van der Waals surface area contributed by atoms with Crippen LogP contribution in [-0.2, 0) is 9.53 Å². The maximum Gasteiger partial charge on any atom is 0.309 e. The minimum Gasteiger partial charge on any atom is -0.493 e. The number of carbonyl (C=O) groups excluding carboxylic acids is 1. The Morgan fingerprint density at radius 1 is 1.26 bits per heavy atom. The smallest absolute Gasteiger partial charge is 0.309 e. The zero-order valence-corrected chi connectivity index (χ0v) is 10.6. The van der Waals surface area contributed by atoms with Crippen LogP contribution in [0, 0.1) is 0 Å². The van der Waals surface area contributed by atoms with Gasteiger partial charge in [0.1, 0.15) is 5.75 Å². The van der Waals surface area contributed by atoms with E-state index in [9.17, 15) is 9.59 Å². The molecule has 0 amide bonds. The van der Waals surface area contributed by atoms with Crippen molar-refractivity contribution in [3.8, 4) is 5.75 Å². The SMILES string of the molecule is CCOC(=O)CCOc1ccc2[nH]c(=O)ccc2c1. The third kappa shape index (κ3) is 3.58. The maximum absolute atomic E-state index is 11.1. The molecule has 0 unspecified atom stereocenters. The lowest BCUT2D eigenvalue weighted by Gasteiger charge is -2.07. The van der Waals surface area contributed by atoms with Gasteiger partial charge in [-0.1, -0.05) is 0 Å². The Balaban J connectivity index is 2.00. The van der Waals surface area contributed by atoms with Crippen LogP contribution >= 0.6 is 0 Å². The third-order valence-corrected chi connectivity index (χ3v) is 2.58. The fourth-order valence-electron chi connectivity index (χ4n) is 1.71. The van der Waals surface area contributed by atoms with Crippen LogP contribution in [0.25, 0.3) is 10.9 Å². The third-order valence-electron chi connectivity index (χ3n) is 2.58. The number of rotatable bonds is 5. The van der Waals surface area contributed by atoms with Crippen LogP contribution in [0.15, 0.2) is 35.1 Å². The molecule has 2 aromatic rings. The summed E-state index contributed by atoms with van der Waals surface area (Å²) in [6.07, 6.45) is 0.220. The van der Waals surface area contributed by atoms with Crippen molar-refractivity contribution in [2.24, 2.45) is 0 Å². The first kappa shape index (κ1) is 13.1. The van der Waals surface area contributed by atoms with Gasteiger partial charge in [0.05, 0.1) is 19.6 Å². The van der Waals surface area contributed by atoms with Crippen molar-refractivity contribution >= 4 is 16.9 Å². The molecule has 100 valence electrons. The highest BCUT2D eigenvalue weighted by atomic mass is 16.5. The molecule has 0 fully saturated rings. The van der Waals surface area contributed by atoms with Crippen molar-refractivity contribution in [2.45, 2.75) is 13.3 Å². The molecular weight excluding hydrogens is 246 g/mol. The van der Waals surface area contributed by atoms with Gasteiger partial charge < -0.3 is 14.5 Å². The molecule has 1 aromatic carbocycles. The highest BCUT2D eigenvalue weighted by molar-refractivity contribution is 5.79. The van der Waals surface area contributed by atoms with Crippen LogP contribution in [0.5, 0.6) is 5.75 Å². The maximum atomic E-state index is 11.1. The number of carbonyl (C=O) groups is 1. The number of pyridine rings is 1. The van der Waals surface area contributed by atoms with Gasteiger partial charge in [-0.2, -0.15) is 0 Å². The Labute approximate surface area is 110 Å². The van der Waals surface area contributed by atoms with E-state index >= 15 is 0 Å². The second-order valence-electron chi connectivity index (χ2n) is 3.98. The van der Waals surface area contributed by atoms with Gasteiger partial charge in [0.25, 0.3) is 0 Å². The van der Waals surface area contributed by atoms with E-state index in [-0.39, 0.29) is 24.6 Å². The molecule has 2 rings (SSSR count). The summed E-state index contributed by atoms with van der Waals surface area (Å²) in [5.74, 6) is 0.386. The molecule has 0 bridgehead atoms. The predicted molar refractivity (Wildman–Crippen MR) is 71.3 cm³/mol. The van der Waals surface area contributed by atoms with E-state index < -0.39 is 0 Å². The van der Waals surface area contributed by atoms with Gasteiger partial charge in [0.15, 0.2) is 0 Å². The molecule has 5 nitrogen and oxygen atoms in total. The van der Waals surface area contributed by atoms with Crippen LogP contribution in [0.2, 0.25) is 0 Å². The Morgan fingerprint density at radius 3 is 2.89 bits per heavy atom. The molecule has 1 aromatic heterocycles. The Morgan fingerprint density at radius 2 is 2.11 bits per heavy atom. The van der Waals surface area contributed by atoms with E-state index in [4.69, 9.17) is 9.47 Å². The summed E-state index contributed by atoms with van der Waals surface area (Å²) in [6, 6.07) is 8.54. The fourth-order valence-corrected chi connectivity index (χ4v) is 1.71. The second-order valence-corrected chi connectivity index (χ2v) is 3.98. The van der Waals surface area contributed by atoms with Gasteiger partial charge in [0.2, 0.25) is 5.56 Å². The number of nitrogens with one attached hydrogen (secondary N) is 1. The molecular formula is C14H15NO4. The molecule has 5 heteroatoms. The number of ether oxygens (including phenoxy) is 2. The number of fused-ring (bicyclic) bond motifs is 1. The van der Waals surface area contributed by atoms with Crippen LogP contribution in [0.1, 0.15) is 13.3 Å². The summed E-state index contributed by atoms with van der Waals surface area (Å²) in [5, 5.41) is 0.883. The number of H-pyrrole nitrogens is 1. The summed E-state index contributed by atoms with van der Waals surface area (Å²) in [5.41, 5.74) is 0.619. The largest absolute Gasteiger partial charge is 0.493 e. The number of aromatic amines is 1. The highest BCUT2D eigenvalue weighted by Gasteiger charge is 2.03. The normalized spacial score (nSPS) is 10.4. The fraction of sp³-hybridized carbons (Fsp3) is 0.286. The van der Waals surface area contributed by atoms with Crippen molar-refractivity contribution in [3.63, 3.8) is 0 Å². The molecule has 0 radical (unpaired) electrons. The number of hydrogen-bond donors (Lipinski definition) is 1. The number of hydrogen-bond acceptors (Lipinski definition) is 4. The summed E-state index contributed by atoms with van der Waals surface area (Å²) in [4.78, 5) is 25.0. The van der Waals surface area contributed by atoms with Gasteiger partial charge in [0, 0.05) is 17.0 Å². The van der Waals surface area contributed by atoms with E-state index in [1.54, 1.807) is 25.1 Å². The number of aromatic nitrogens is 1. The van der Waals surface area contributed by atoms with Crippen LogP contribution in [0.4, 0.5) is 0 Å². The minimum atomic E-state index is -0.271. The summed E-state index contributed by atoms with van der Waals surface area (Å²) < 4.78 is 10.3. The van der Waals surface area contributed by atoms with Gasteiger partial charge in [-0.15, -0.1) is 0 Å². The van der Waals surface area contributed by atoms with Gasteiger partial charge in [-0.05, 0) is 31.2 Å². The second kappa shape index (κ2) is 6.04. The van der Waals surface area contributed by atoms with Crippen molar-refractivity contribution in [1.82, 2.24) is 4.98 Å². The lowest BCUT2D eigenvalue weighted by atomic mass is 10.2. The quantitative estimate of drug-likeness (QED) is 0.834. The summed E-state index contributed by atoms with van der Waals surface area (Å²) in [7, 11) is 0. The van der Waals surface area contributed by atoms with Crippen LogP contribution in [-0.4, -0.2) is 24.2 Å². The van der Waals surface area contributed by atoms with Crippen molar-refractivity contribution < 1.29 is 14.3 Å². The first-order valence-corrected chi connectivity index (χ1v) is 6.10. The lowest BCUT2D eigenvalue weighted by Crippen LogP contribution is -2.09. The zero-order chi connectivity index (χ0) is 13.7. The lowest BCUT2D eigenvalue weighted by molar-refractivity contribution is -0.143. The topological polar surface area (TPSA) is 68.4 Å². The number of benzene rings is 1. The van der Waals surface area contributed by atoms with E-state index in [0.29, 0.717) is 12.4 Å². The summed E-state index contributed by atoms with van der Waals surface area (Å²) in [6.45, 7) is 2.42. The first-order valence-electron chi connectivity index (χ1n) is 6.10. The van der Waals surface area contributed by atoms with Gasteiger partial charge in [-0.25, -0.2) is 0 Å². The van der Waals surface area contributed by atoms with Crippen molar-refractivity contribution in [1.29, 1.82) is 0 Å². The van der Waals surface area contributed by atoms with Crippen LogP contribution in [0.3, 0.4) is 0 Å². The first-order chi connectivity index (χ1) is 9.19. The average Bonchev–Trinajstić information content (AvgIpc) is 2.39. The molecule has 1 heterocycles. The van der Waals surface area contributed by atoms with Crippen molar-refractivity contribution in [3.05, 3.63) is 40.7 Å². The molecule has 0 aliphatic rings. The van der Waals surface area contributed by atoms with Gasteiger partial charge in [-0.3, -0.25) is 9.59 Å². The molecule has 0 saturated carbocycles. The van der Waals surface area contributed by atoms with E-state index in [0.717, 1.165) is 10.9 Å². The molecule has 0 saturated heterocycles. The van der Waals surface area contributed by atoms with Crippen LogP contribution < -0.4 is 10.3 Å². The standard InChI is InChI=1S/C14H15NO4/c1-2-18-14(17)7-8-19-11-4-5-12-10(9-11)3-6-13(16)15-12/h3-6,9H,2,7-8H2,1H3,(H,15,16). The average molecular weight is 261 g/mol. The zero-order valence-electron chi connectivity index (χ0n) is 10.6. The van der Waals surface area contributed by atoms with E-state index in [2.05, 4.69) is 4.98 Å². The molecule has 0 atom stereocenters. The Hall–Kier alpha value is -2.30. The highest BCUT2D eigenvalue weighted by Crippen LogP contribution is 2.18. The molecule has 0 aliphatic carbocycles. The van der Waals surface area contributed by atoms with E-state index in [1.807, 2.05) is 6.07 Å². The molecule has 0 aliphatic heterocycles. The van der Waals surface area contributed by atoms with Crippen molar-refractivity contribution in [2.75, 3.05) is 13.2 Å².